The first-order valence-electron chi connectivity index (χ1n) is 10.1. The van der Waals surface area contributed by atoms with Gasteiger partial charge in [0.15, 0.2) is 6.61 Å². The summed E-state index contributed by atoms with van der Waals surface area (Å²) < 4.78 is 5.67. The topological polar surface area (TPSA) is 91.2 Å². The van der Waals surface area contributed by atoms with Crippen molar-refractivity contribution in [1.29, 1.82) is 5.26 Å². The predicted molar refractivity (Wildman–Crippen MR) is 130 cm³/mol. The summed E-state index contributed by atoms with van der Waals surface area (Å²) in [6, 6.07) is 21.0. The largest absolute Gasteiger partial charge is 0.483 e. The molecule has 0 aliphatic carbocycles. The van der Waals surface area contributed by atoms with Crippen LogP contribution < -0.4 is 15.4 Å². The van der Waals surface area contributed by atoms with Gasteiger partial charge in [-0.3, -0.25) is 9.59 Å². The highest BCUT2D eigenvalue weighted by Crippen LogP contribution is 2.22. The van der Waals surface area contributed by atoms with E-state index in [1.165, 1.54) is 6.08 Å². The van der Waals surface area contributed by atoms with Crippen LogP contribution in [0.1, 0.15) is 16.7 Å². The summed E-state index contributed by atoms with van der Waals surface area (Å²) in [7, 11) is 0. The maximum absolute atomic E-state index is 12.5. The Labute approximate surface area is 197 Å². The van der Waals surface area contributed by atoms with Gasteiger partial charge in [0, 0.05) is 22.0 Å². The van der Waals surface area contributed by atoms with Gasteiger partial charge in [-0.05, 0) is 73.5 Å². The van der Waals surface area contributed by atoms with Crippen LogP contribution in [0.2, 0.25) is 5.02 Å². The van der Waals surface area contributed by atoms with E-state index in [1.54, 1.807) is 48.5 Å². The van der Waals surface area contributed by atoms with Gasteiger partial charge in [0.25, 0.3) is 11.8 Å². The van der Waals surface area contributed by atoms with Crippen molar-refractivity contribution in [3.63, 3.8) is 0 Å². The molecule has 33 heavy (non-hydrogen) atoms. The summed E-state index contributed by atoms with van der Waals surface area (Å²) in [6.45, 7) is 3.75. The molecule has 0 aromatic heterocycles. The van der Waals surface area contributed by atoms with E-state index in [1.807, 2.05) is 38.1 Å². The molecule has 6 nitrogen and oxygen atoms in total. The monoisotopic (exact) mass is 459 g/mol. The molecule has 3 rings (SSSR count). The minimum absolute atomic E-state index is 0.111. The first kappa shape index (κ1) is 23.6. The van der Waals surface area contributed by atoms with Gasteiger partial charge in [-0.25, -0.2) is 0 Å². The molecule has 3 aromatic rings. The highest BCUT2D eigenvalue weighted by molar-refractivity contribution is 6.30. The third kappa shape index (κ3) is 6.70. The second-order valence-corrected chi connectivity index (χ2v) is 7.74. The number of rotatable bonds is 7. The van der Waals surface area contributed by atoms with E-state index in [0.29, 0.717) is 27.7 Å². The quantitative estimate of drug-likeness (QED) is 0.359. The zero-order chi connectivity index (χ0) is 23.8. The van der Waals surface area contributed by atoms with Crippen LogP contribution in [0.4, 0.5) is 11.4 Å². The maximum atomic E-state index is 12.5. The van der Waals surface area contributed by atoms with E-state index in [9.17, 15) is 14.9 Å². The standard InChI is InChI=1S/C26H22ClN3O3/c1-17-7-10-23(13-18(17)2)29-25(31)16-33-24-6-4-3-5-19(24)14-20(15-28)26(32)30-22-11-8-21(27)9-12-22/h3-14H,16H2,1-2H3,(H,29,31)(H,30,32)/b20-14-. The fourth-order valence-electron chi connectivity index (χ4n) is 2.93. The number of hydrogen-bond donors (Lipinski definition) is 2. The molecule has 0 aliphatic rings. The third-order valence-electron chi connectivity index (χ3n) is 4.84. The number of nitriles is 1. The Morgan fingerprint density at radius 2 is 1.67 bits per heavy atom. The number of anilines is 2. The van der Waals surface area contributed by atoms with Gasteiger partial charge >= 0.3 is 0 Å². The highest BCUT2D eigenvalue weighted by Gasteiger charge is 2.12. The summed E-state index contributed by atoms with van der Waals surface area (Å²) in [5.74, 6) is -0.514. The number of hydrogen-bond acceptors (Lipinski definition) is 4. The molecule has 0 heterocycles. The SMILES string of the molecule is Cc1ccc(NC(=O)COc2ccccc2/C=C(/C#N)C(=O)Nc2ccc(Cl)cc2)cc1C. The summed E-state index contributed by atoms with van der Waals surface area (Å²) in [4.78, 5) is 24.9. The maximum Gasteiger partial charge on any atom is 0.266 e. The molecule has 0 saturated heterocycles. The molecule has 0 aliphatic heterocycles. The van der Waals surface area contributed by atoms with Gasteiger partial charge in [0.1, 0.15) is 17.4 Å². The van der Waals surface area contributed by atoms with Gasteiger partial charge in [0.2, 0.25) is 0 Å². The molecule has 0 spiro atoms. The smallest absolute Gasteiger partial charge is 0.266 e. The van der Waals surface area contributed by atoms with Crippen LogP contribution in [0, 0.1) is 25.2 Å². The van der Waals surface area contributed by atoms with Crippen LogP contribution >= 0.6 is 11.6 Å². The van der Waals surface area contributed by atoms with Gasteiger partial charge in [-0.15, -0.1) is 0 Å². The fraction of sp³-hybridized carbons (Fsp3) is 0.115. The average Bonchev–Trinajstić information content (AvgIpc) is 2.80. The van der Waals surface area contributed by atoms with E-state index in [0.717, 1.165) is 11.1 Å². The minimum Gasteiger partial charge on any atom is -0.483 e. The van der Waals surface area contributed by atoms with Crippen LogP contribution in [-0.4, -0.2) is 18.4 Å². The number of halogens is 1. The number of carbonyl (C=O) groups is 2. The van der Waals surface area contributed by atoms with Gasteiger partial charge in [-0.1, -0.05) is 35.9 Å². The second kappa shape index (κ2) is 11.0. The van der Waals surface area contributed by atoms with Crippen molar-refractivity contribution < 1.29 is 14.3 Å². The van der Waals surface area contributed by atoms with Crippen molar-refractivity contribution in [2.75, 3.05) is 17.2 Å². The predicted octanol–water partition coefficient (Wildman–Crippen LogP) is 5.52. The van der Waals surface area contributed by atoms with Crippen LogP contribution in [0.5, 0.6) is 5.75 Å². The first-order valence-corrected chi connectivity index (χ1v) is 10.5. The number of benzene rings is 3. The van der Waals surface area contributed by atoms with Gasteiger partial charge in [0.05, 0.1) is 0 Å². The Balaban J connectivity index is 1.69. The average molecular weight is 460 g/mol. The molecule has 166 valence electrons. The van der Waals surface area contributed by atoms with E-state index < -0.39 is 5.91 Å². The number of carbonyl (C=O) groups excluding carboxylic acids is 2. The molecule has 0 fully saturated rings. The zero-order valence-electron chi connectivity index (χ0n) is 18.2. The summed E-state index contributed by atoms with van der Waals surface area (Å²) in [5.41, 5.74) is 3.80. The summed E-state index contributed by atoms with van der Waals surface area (Å²) >= 11 is 5.85. The van der Waals surface area contributed by atoms with E-state index in [-0.39, 0.29) is 18.1 Å². The van der Waals surface area contributed by atoms with Gasteiger partial charge in [-0.2, -0.15) is 5.26 Å². The Morgan fingerprint density at radius 3 is 2.36 bits per heavy atom. The molecule has 2 N–H and O–H groups in total. The molecule has 0 saturated carbocycles. The molecule has 0 radical (unpaired) electrons. The van der Waals surface area contributed by atoms with Crippen LogP contribution in [0.15, 0.2) is 72.3 Å². The molecule has 3 aromatic carbocycles. The lowest BCUT2D eigenvalue weighted by atomic mass is 10.1. The van der Waals surface area contributed by atoms with Crippen molar-refractivity contribution in [2.24, 2.45) is 0 Å². The third-order valence-corrected chi connectivity index (χ3v) is 5.09. The van der Waals surface area contributed by atoms with E-state index >= 15 is 0 Å². The van der Waals surface area contributed by atoms with Crippen LogP contribution in [0.25, 0.3) is 6.08 Å². The molecule has 0 atom stereocenters. The van der Waals surface area contributed by atoms with E-state index in [2.05, 4.69) is 10.6 Å². The Bertz CT molecular complexity index is 1240. The van der Waals surface area contributed by atoms with Crippen LogP contribution in [0.3, 0.4) is 0 Å². The lowest BCUT2D eigenvalue weighted by Crippen LogP contribution is -2.20. The number of aryl methyl sites for hydroxylation is 2. The summed E-state index contributed by atoms with van der Waals surface area (Å²) in [6.07, 6.45) is 1.42. The normalized spacial score (nSPS) is 10.8. The highest BCUT2D eigenvalue weighted by atomic mass is 35.5. The molecular formula is C26H22ClN3O3. The number of nitrogens with one attached hydrogen (secondary N) is 2. The first-order chi connectivity index (χ1) is 15.9. The van der Waals surface area contributed by atoms with Crippen molar-refractivity contribution in [2.45, 2.75) is 13.8 Å². The molecule has 2 amide bonds. The number of nitrogens with zero attached hydrogens (tertiary/aromatic N) is 1. The van der Waals surface area contributed by atoms with Crippen molar-refractivity contribution >= 4 is 40.9 Å². The number of amides is 2. The Hall–Kier alpha value is -4.08. The number of para-hydroxylation sites is 1. The van der Waals surface area contributed by atoms with E-state index in [4.69, 9.17) is 16.3 Å². The summed E-state index contributed by atoms with van der Waals surface area (Å²) in [5, 5.41) is 15.5. The van der Waals surface area contributed by atoms with Crippen molar-refractivity contribution in [3.05, 3.63) is 94.0 Å². The lowest BCUT2D eigenvalue weighted by molar-refractivity contribution is -0.118. The Morgan fingerprint density at radius 1 is 0.970 bits per heavy atom. The zero-order valence-corrected chi connectivity index (χ0v) is 18.9. The van der Waals surface area contributed by atoms with Gasteiger partial charge < -0.3 is 15.4 Å². The fourth-order valence-corrected chi connectivity index (χ4v) is 3.05. The molecule has 0 bridgehead atoms. The minimum atomic E-state index is -0.567. The molecular weight excluding hydrogens is 438 g/mol. The lowest BCUT2D eigenvalue weighted by Gasteiger charge is -2.11. The Kier molecular flexibility index (Phi) is 7.85. The second-order valence-electron chi connectivity index (χ2n) is 7.30. The van der Waals surface area contributed by atoms with Crippen LogP contribution in [-0.2, 0) is 9.59 Å². The molecule has 0 unspecified atom stereocenters. The van der Waals surface area contributed by atoms with Crippen molar-refractivity contribution in [3.8, 4) is 11.8 Å². The number of ether oxygens (including phenoxy) is 1. The molecule has 7 heteroatoms. The van der Waals surface area contributed by atoms with Crippen molar-refractivity contribution in [1.82, 2.24) is 0 Å².